The highest BCUT2D eigenvalue weighted by Gasteiger charge is 2.01. The Morgan fingerprint density at radius 3 is 2.76 bits per heavy atom. The third-order valence-electron chi connectivity index (χ3n) is 2.43. The summed E-state index contributed by atoms with van der Waals surface area (Å²) < 4.78 is 0. The van der Waals surface area contributed by atoms with Crippen molar-refractivity contribution in [2.24, 2.45) is 0 Å². The van der Waals surface area contributed by atoms with Gasteiger partial charge >= 0.3 is 0 Å². The van der Waals surface area contributed by atoms with Crippen LogP contribution >= 0.6 is 11.6 Å². The number of nitrogens with one attached hydrogen (secondary N) is 1. The SMILES string of the molecule is CCc1cccc(Nc2cc(C)nc(Cl)n2)c1. The quantitative estimate of drug-likeness (QED) is 0.840. The Hall–Kier alpha value is -1.61. The Morgan fingerprint density at radius 2 is 2.06 bits per heavy atom. The second kappa shape index (κ2) is 5.15. The van der Waals surface area contributed by atoms with Gasteiger partial charge in [0.15, 0.2) is 0 Å². The number of hydrogen-bond donors (Lipinski definition) is 1. The number of benzene rings is 1. The maximum Gasteiger partial charge on any atom is 0.224 e. The maximum absolute atomic E-state index is 5.81. The highest BCUT2D eigenvalue weighted by atomic mass is 35.5. The van der Waals surface area contributed by atoms with Gasteiger partial charge in [-0.15, -0.1) is 0 Å². The van der Waals surface area contributed by atoms with Crippen molar-refractivity contribution < 1.29 is 0 Å². The standard InChI is InChI=1S/C13H14ClN3/c1-3-10-5-4-6-11(8-10)16-12-7-9(2)15-13(14)17-12/h4-8H,3H2,1-2H3,(H,15,16,17). The molecule has 1 N–H and O–H groups in total. The van der Waals surface area contributed by atoms with Crippen LogP contribution in [0.4, 0.5) is 11.5 Å². The molecule has 88 valence electrons. The minimum atomic E-state index is 0.263. The highest BCUT2D eigenvalue weighted by molar-refractivity contribution is 6.28. The molecule has 0 fully saturated rings. The van der Waals surface area contributed by atoms with E-state index in [-0.39, 0.29) is 5.28 Å². The van der Waals surface area contributed by atoms with Gasteiger partial charge in [-0.1, -0.05) is 19.1 Å². The molecule has 1 heterocycles. The maximum atomic E-state index is 5.81. The summed E-state index contributed by atoms with van der Waals surface area (Å²) >= 11 is 5.81. The van der Waals surface area contributed by atoms with Gasteiger partial charge in [-0.25, -0.2) is 9.97 Å². The summed E-state index contributed by atoms with van der Waals surface area (Å²) in [6, 6.07) is 10.1. The summed E-state index contributed by atoms with van der Waals surface area (Å²) in [5, 5.41) is 3.49. The third kappa shape index (κ3) is 3.17. The zero-order valence-corrected chi connectivity index (χ0v) is 10.6. The number of rotatable bonds is 3. The summed E-state index contributed by atoms with van der Waals surface area (Å²) in [6.45, 7) is 4.02. The molecule has 0 saturated heterocycles. The highest BCUT2D eigenvalue weighted by Crippen LogP contribution is 2.18. The molecule has 0 aliphatic rings. The average molecular weight is 248 g/mol. The van der Waals surface area contributed by atoms with Gasteiger partial charge in [0.25, 0.3) is 0 Å². The summed E-state index contributed by atoms with van der Waals surface area (Å²) in [7, 11) is 0. The normalized spacial score (nSPS) is 10.3. The molecule has 2 aromatic rings. The Kier molecular flexibility index (Phi) is 3.59. The molecule has 0 amide bonds. The lowest BCUT2D eigenvalue weighted by atomic mass is 10.1. The van der Waals surface area contributed by atoms with E-state index in [0.717, 1.165) is 23.6 Å². The van der Waals surface area contributed by atoms with Crippen LogP contribution in [0.1, 0.15) is 18.2 Å². The van der Waals surface area contributed by atoms with Crippen LogP contribution in [0.3, 0.4) is 0 Å². The smallest absolute Gasteiger partial charge is 0.224 e. The molecular formula is C13H14ClN3. The van der Waals surface area contributed by atoms with Gasteiger partial charge in [0, 0.05) is 17.4 Å². The van der Waals surface area contributed by atoms with Crippen LogP contribution in [-0.2, 0) is 6.42 Å². The predicted octanol–water partition coefficient (Wildman–Crippen LogP) is 3.74. The molecule has 0 bridgehead atoms. The summed E-state index contributed by atoms with van der Waals surface area (Å²) in [5.41, 5.74) is 3.14. The van der Waals surface area contributed by atoms with Crippen molar-refractivity contribution in [1.29, 1.82) is 0 Å². The Balaban J connectivity index is 2.24. The molecule has 3 nitrogen and oxygen atoms in total. The van der Waals surface area contributed by atoms with Crippen LogP contribution in [-0.4, -0.2) is 9.97 Å². The van der Waals surface area contributed by atoms with Crippen molar-refractivity contribution >= 4 is 23.1 Å². The topological polar surface area (TPSA) is 37.8 Å². The zero-order valence-electron chi connectivity index (χ0n) is 9.87. The first-order valence-corrected chi connectivity index (χ1v) is 5.92. The number of aromatic nitrogens is 2. The van der Waals surface area contributed by atoms with Crippen LogP contribution < -0.4 is 5.32 Å². The average Bonchev–Trinajstić information content (AvgIpc) is 2.28. The van der Waals surface area contributed by atoms with Crippen LogP contribution in [0.15, 0.2) is 30.3 Å². The molecule has 17 heavy (non-hydrogen) atoms. The first kappa shape index (κ1) is 11.9. The van der Waals surface area contributed by atoms with Gasteiger partial charge in [-0.05, 0) is 42.6 Å². The lowest BCUT2D eigenvalue weighted by molar-refractivity contribution is 1.10. The lowest BCUT2D eigenvalue weighted by Gasteiger charge is -2.07. The molecule has 0 atom stereocenters. The fraction of sp³-hybridized carbons (Fsp3) is 0.231. The summed E-state index contributed by atoms with van der Waals surface area (Å²) in [5.74, 6) is 0.718. The van der Waals surface area contributed by atoms with Gasteiger partial charge in [-0.2, -0.15) is 0 Å². The molecule has 0 spiro atoms. The molecule has 0 radical (unpaired) electrons. The molecule has 1 aromatic heterocycles. The van der Waals surface area contributed by atoms with E-state index >= 15 is 0 Å². The minimum Gasteiger partial charge on any atom is -0.340 e. The van der Waals surface area contributed by atoms with E-state index in [1.807, 2.05) is 25.1 Å². The lowest BCUT2D eigenvalue weighted by Crippen LogP contribution is -1.97. The second-order valence-corrected chi connectivity index (χ2v) is 4.18. The van der Waals surface area contributed by atoms with E-state index < -0.39 is 0 Å². The summed E-state index contributed by atoms with van der Waals surface area (Å²) in [6.07, 6.45) is 1.01. The third-order valence-corrected chi connectivity index (χ3v) is 2.60. The fourth-order valence-corrected chi connectivity index (χ4v) is 1.84. The minimum absolute atomic E-state index is 0.263. The summed E-state index contributed by atoms with van der Waals surface area (Å²) in [4.78, 5) is 8.15. The number of aryl methyl sites for hydroxylation is 2. The van der Waals surface area contributed by atoms with E-state index in [2.05, 4.69) is 34.3 Å². The molecule has 2 rings (SSSR count). The van der Waals surface area contributed by atoms with E-state index in [1.165, 1.54) is 5.56 Å². The Morgan fingerprint density at radius 1 is 1.24 bits per heavy atom. The van der Waals surface area contributed by atoms with Crippen molar-refractivity contribution in [3.05, 3.63) is 46.9 Å². The van der Waals surface area contributed by atoms with Crippen molar-refractivity contribution in [3.63, 3.8) is 0 Å². The molecule has 0 saturated carbocycles. The van der Waals surface area contributed by atoms with E-state index in [4.69, 9.17) is 11.6 Å². The first-order valence-electron chi connectivity index (χ1n) is 5.54. The van der Waals surface area contributed by atoms with Gasteiger partial charge < -0.3 is 5.32 Å². The van der Waals surface area contributed by atoms with Crippen molar-refractivity contribution in [2.75, 3.05) is 5.32 Å². The molecule has 1 aromatic carbocycles. The monoisotopic (exact) mass is 247 g/mol. The van der Waals surface area contributed by atoms with Gasteiger partial charge in [-0.3, -0.25) is 0 Å². The second-order valence-electron chi connectivity index (χ2n) is 3.84. The van der Waals surface area contributed by atoms with Gasteiger partial charge in [0.2, 0.25) is 5.28 Å². The van der Waals surface area contributed by atoms with Crippen LogP contribution in [0.2, 0.25) is 5.28 Å². The molecule has 0 aliphatic heterocycles. The number of halogens is 1. The fourth-order valence-electron chi connectivity index (χ4n) is 1.61. The largest absolute Gasteiger partial charge is 0.340 e. The molecule has 4 heteroatoms. The van der Waals surface area contributed by atoms with E-state index in [1.54, 1.807) is 0 Å². The van der Waals surface area contributed by atoms with E-state index in [9.17, 15) is 0 Å². The van der Waals surface area contributed by atoms with Crippen LogP contribution in [0, 0.1) is 6.92 Å². The number of hydrogen-bond acceptors (Lipinski definition) is 3. The molecule has 0 unspecified atom stereocenters. The van der Waals surface area contributed by atoms with Crippen molar-refractivity contribution in [1.82, 2.24) is 9.97 Å². The molecule has 0 aliphatic carbocycles. The zero-order chi connectivity index (χ0) is 12.3. The van der Waals surface area contributed by atoms with Crippen molar-refractivity contribution in [2.45, 2.75) is 20.3 Å². The van der Waals surface area contributed by atoms with Crippen LogP contribution in [0.25, 0.3) is 0 Å². The van der Waals surface area contributed by atoms with Crippen molar-refractivity contribution in [3.8, 4) is 0 Å². The molecular weight excluding hydrogens is 234 g/mol. The van der Waals surface area contributed by atoms with E-state index in [0.29, 0.717) is 0 Å². The number of anilines is 2. The first-order chi connectivity index (χ1) is 8.17. The van der Waals surface area contributed by atoms with Gasteiger partial charge in [0.1, 0.15) is 5.82 Å². The Labute approximate surface area is 106 Å². The van der Waals surface area contributed by atoms with Crippen LogP contribution in [0.5, 0.6) is 0 Å². The predicted molar refractivity (Wildman–Crippen MR) is 70.9 cm³/mol. The van der Waals surface area contributed by atoms with Gasteiger partial charge in [0.05, 0.1) is 0 Å². The number of nitrogens with zero attached hydrogens (tertiary/aromatic N) is 2. The Bertz CT molecular complexity index is 506.